The first-order valence-corrected chi connectivity index (χ1v) is 13.1. The highest BCUT2D eigenvalue weighted by atomic mass is 16.5. The molecule has 7 heteroatoms. The zero-order valence-electron chi connectivity index (χ0n) is 21.7. The Kier molecular flexibility index (Phi) is 6.52. The van der Waals surface area contributed by atoms with Crippen LogP contribution in [-0.4, -0.2) is 58.5 Å². The summed E-state index contributed by atoms with van der Waals surface area (Å²) in [5.41, 5.74) is 6.38. The van der Waals surface area contributed by atoms with Gasteiger partial charge in [0.05, 0.1) is 24.5 Å². The van der Waals surface area contributed by atoms with Crippen LogP contribution in [0.3, 0.4) is 0 Å². The molecule has 4 heterocycles. The first-order chi connectivity index (χ1) is 18.6. The molecule has 1 aliphatic heterocycles. The van der Waals surface area contributed by atoms with Crippen molar-refractivity contribution in [2.24, 2.45) is 0 Å². The molecule has 0 saturated carbocycles. The molecule has 2 aromatic carbocycles. The third-order valence-corrected chi connectivity index (χ3v) is 7.54. The molecule has 3 aromatic heterocycles. The van der Waals surface area contributed by atoms with E-state index in [4.69, 9.17) is 4.74 Å². The van der Waals surface area contributed by atoms with Gasteiger partial charge in [-0.25, -0.2) is 0 Å². The second-order valence-corrected chi connectivity index (χ2v) is 9.93. The Bertz CT molecular complexity index is 1590. The summed E-state index contributed by atoms with van der Waals surface area (Å²) < 4.78 is 5.81. The quantitative estimate of drug-likeness (QED) is 0.298. The zero-order valence-corrected chi connectivity index (χ0v) is 21.7. The number of methoxy groups -OCH3 is 1. The third-order valence-electron chi connectivity index (χ3n) is 7.54. The molecule has 1 fully saturated rings. The number of H-pyrrole nitrogens is 1. The van der Waals surface area contributed by atoms with Crippen LogP contribution in [-0.2, 0) is 0 Å². The number of benzene rings is 2. The van der Waals surface area contributed by atoms with Crippen molar-refractivity contribution < 1.29 is 9.53 Å². The molecule has 0 bridgehead atoms. The summed E-state index contributed by atoms with van der Waals surface area (Å²) >= 11 is 0. The van der Waals surface area contributed by atoms with Gasteiger partial charge in [-0.3, -0.25) is 19.7 Å². The highest BCUT2D eigenvalue weighted by Gasteiger charge is 2.20. The van der Waals surface area contributed by atoms with E-state index in [0.29, 0.717) is 18.2 Å². The number of carbonyl (C=O) groups is 1. The van der Waals surface area contributed by atoms with E-state index in [1.807, 2.05) is 60.9 Å². The number of hydrogen-bond donors (Lipinski definition) is 2. The summed E-state index contributed by atoms with van der Waals surface area (Å²) in [5.74, 6) is 0.724. The standard InChI is InChI=1S/C31H31N5O2/c1-20(36-14-3-4-15-36)17-34-31(37)22-9-7-21(8-10-22)29-28(38-2)12-11-25-30(29)24-16-26(33-19-27(24)35-25)23-6-5-13-32-18-23/h5-13,16,18-20,35H,3-4,14-15,17H2,1-2H3,(H,34,37). The summed E-state index contributed by atoms with van der Waals surface area (Å²) in [4.78, 5) is 27.7. The molecule has 1 unspecified atom stereocenters. The first kappa shape index (κ1) is 24.1. The van der Waals surface area contributed by atoms with Crippen LogP contribution < -0.4 is 10.1 Å². The molecule has 7 nitrogen and oxygen atoms in total. The number of likely N-dealkylation sites (tertiary alicyclic amines) is 1. The normalized spacial score (nSPS) is 14.7. The molecule has 6 rings (SSSR count). The van der Waals surface area contributed by atoms with Crippen molar-refractivity contribution in [2.45, 2.75) is 25.8 Å². The number of carbonyl (C=O) groups excluding carboxylic acids is 1. The van der Waals surface area contributed by atoms with Crippen molar-refractivity contribution in [1.82, 2.24) is 25.2 Å². The van der Waals surface area contributed by atoms with Gasteiger partial charge in [-0.05, 0) is 80.9 Å². The number of nitrogens with one attached hydrogen (secondary N) is 2. The van der Waals surface area contributed by atoms with Gasteiger partial charge in [-0.1, -0.05) is 12.1 Å². The summed E-state index contributed by atoms with van der Waals surface area (Å²) in [5, 5.41) is 5.22. The zero-order chi connectivity index (χ0) is 26.1. The highest BCUT2D eigenvalue weighted by molar-refractivity contribution is 6.16. The van der Waals surface area contributed by atoms with Crippen LogP contribution in [0.1, 0.15) is 30.1 Å². The van der Waals surface area contributed by atoms with E-state index in [9.17, 15) is 4.79 Å². The Morgan fingerprint density at radius 3 is 2.61 bits per heavy atom. The Morgan fingerprint density at radius 1 is 1.05 bits per heavy atom. The van der Waals surface area contributed by atoms with E-state index in [1.54, 1.807) is 13.3 Å². The number of ether oxygens (including phenoxy) is 1. The Morgan fingerprint density at radius 2 is 1.87 bits per heavy atom. The molecule has 0 aliphatic carbocycles. The fraction of sp³-hybridized carbons (Fsp3) is 0.258. The topological polar surface area (TPSA) is 83.1 Å². The van der Waals surface area contributed by atoms with Crippen molar-refractivity contribution in [3.63, 3.8) is 0 Å². The van der Waals surface area contributed by atoms with E-state index < -0.39 is 0 Å². The average Bonchev–Trinajstić information content (AvgIpc) is 3.64. The van der Waals surface area contributed by atoms with Crippen molar-refractivity contribution in [3.05, 3.63) is 78.8 Å². The lowest BCUT2D eigenvalue weighted by Crippen LogP contribution is -2.40. The van der Waals surface area contributed by atoms with Gasteiger partial charge >= 0.3 is 0 Å². The molecule has 38 heavy (non-hydrogen) atoms. The number of aromatic nitrogens is 3. The summed E-state index contributed by atoms with van der Waals surface area (Å²) in [6.07, 6.45) is 7.93. The lowest BCUT2D eigenvalue weighted by atomic mass is 9.97. The molecule has 1 saturated heterocycles. The van der Waals surface area contributed by atoms with Gasteiger partial charge in [-0.15, -0.1) is 0 Å². The van der Waals surface area contributed by atoms with Crippen molar-refractivity contribution >= 4 is 27.7 Å². The van der Waals surface area contributed by atoms with Crippen LogP contribution in [0.4, 0.5) is 0 Å². The SMILES string of the molecule is COc1ccc2[nH]c3cnc(-c4cccnc4)cc3c2c1-c1ccc(C(=O)NCC(C)N2CCCC2)cc1. The van der Waals surface area contributed by atoms with Crippen molar-refractivity contribution in [3.8, 4) is 28.1 Å². The van der Waals surface area contributed by atoms with Crippen LogP contribution in [0.5, 0.6) is 5.75 Å². The molecule has 1 atom stereocenters. The number of pyridine rings is 2. The number of fused-ring (bicyclic) bond motifs is 3. The molecular formula is C31H31N5O2. The molecule has 2 N–H and O–H groups in total. The maximum Gasteiger partial charge on any atom is 0.251 e. The molecule has 192 valence electrons. The summed E-state index contributed by atoms with van der Waals surface area (Å²) in [6, 6.07) is 18.1. The maximum absolute atomic E-state index is 12.9. The lowest BCUT2D eigenvalue weighted by molar-refractivity contribution is 0.0940. The monoisotopic (exact) mass is 505 g/mol. The summed E-state index contributed by atoms with van der Waals surface area (Å²) in [6.45, 7) is 5.06. The minimum atomic E-state index is -0.0490. The van der Waals surface area contributed by atoms with E-state index in [-0.39, 0.29) is 5.91 Å². The van der Waals surface area contributed by atoms with Gasteiger partial charge in [0.1, 0.15) is 5.75 Å². The molecule has 0 radical (unpaired) electrons. The number of amides is 1. The number of nitrogens with zero attached hydrogens (tertiary/aromatic N) is 3. The van der Waals surface area contributed by atoms with Crippen molar-refractivity contribution in [1.29, 1.82) is 0 Å². The van der Waals surface area contributed by atoms with E-state index >= 15 is 0 Å². The Balaban J connectivity index is 1.34. The second kappa shape index (κ2) is 10.3. The van der Waals surface area contributed by atoms with Crippen LogP contribution in [0.2, 0.25) is 0 Å². The fourth-order valence-corrected chi connectivity index (χ4v) is 5.45. The number of hydrogen-bond acceptors (Lipinski definition) is 5. The second-order valence-electron chi connectivity index (χ2n) is 9.93. The van der Waals surface area contributed by atoms with E-state index in [0.717, 1.165) is 63.0 Å². The van der Waals surface area contributed by atoms with Crippen LogP contribution in [0.25, 0.3) is 44.2 Å². The molecule has 1 aliphatic rings. The van der Waals surface area contributed by atoms with Crippen LogP contribution in [0, 0.1) is 0 Å². The number of aromatic amines is 1. The Labute approximate surface area is 221 Å². The summed E-state index contributed by atoms with van der Waals surface area (Å²) in [7, 11) is 1.69. The fourth-order valence-electron chi connectivity index (χ4n) is 5.45. The molecule has 0 spiro atoms. The van der Waals surface area contributed by atoms with Crippen molar-refractivity contribution in [2.75, 3.05) is 26.7 Å². The van der Waals surface area contributed by atoms with Crippen LogP contribution >= 0.6 is 0 Å². The maximum atomic E-state index is 12.9. The van der Waals surface area contributed by atoms with E-state index in [1.165, 1.54) is 12.8 Å². The predicted molar refractivity (Wildman–Crippen MR) is 151 cm³/mol. The van der Waals surface area contributed by atoms with Gasteiger partial charge in [0.15, 0.2) is 0 Å². The third kappa shape index (κ3) is 4.50. The minimum Gasteiger partial charge on any atom is -0.496 e. The predicted octanol–water partition coefficient (Wildman–Crippen LogP) is 5.67. The van der Waals surface area contributed by atoms with Gasteiger partial charge in [0, 0.05) is 58.0 Å². The lowest BCUT2D eigenvalue weighted by Gasteiger charge is -2.23. The van der Waals surface area contributed by atoms with E-state index in [2.05, 4.69) is 38.2 Å². The van der Waals surface area contributed by atoms with Crippen LogP contribution in [0.15, 0.2) is 73.2 Å². The minimum absolute atomic E-state index is 0.0490. The average molecular weight is 506 g/mol. The molecule has 1 amide bonds. The highest BCUT2D eigenvalue weighted by Crippen LogP contribution is 2.41. The largest absolute Gasteiger partial charge is 0.496 e. The molecule has 5 aromatic rings. The van der Waals surface area contributed by atoms with Gasteiger partial charge < -0.3 is 15.0 Å². The Hall–Kier alpha value is -4.23. The molecular weight excluding hydrogens is 474 g/mol. The number of rotatable bonds is 7. The van der Waals surface area contributed by atoms with Gasteiger partial charge in [0.25, 0.3) is 5.91 Å². The first-order valence-electron chi connectivity index (χ1n) is 13.1. The van der Waals surface area contributed by atoms with Gasteiger partial charge in [0.2, 0.25) is 0 Å². The van der Waals surface area contributed by atoms with Gasteiger partial charge in [-0.2, -0.15) is 0 Å². The smallest absolute Gasteiger partial charge is 0.251 e.